The first-order valence-electron chi connectivity index (χ1n) is 5.23. The molecule has 3 heteroatoms. The van der Waals surface area contributed by atoms with Crippen LogP contribution in [0.5, 0.6) is 11.5 Å². The van der Waals surface area contributed by atoms with Gasteiger partial charge >= 0.3 is 0 Å². The van der Waals surface area contributed by atoms with Crippen molar-refractivity contribution in [1.29, 1.82) is 0 Å². The van der Waals surface area contributed by atoms with Crippen molar-refractivity contribution in [3.05, 3.63) is 23.3 Å². The lowest BCUT2D eigenvalue weighted by atomic mass is 9.99. The van der Waals surface area contributed by atoms with Crippen LogP contribution in [0.1, 0.15) is 24.0 Å². The van der Waals surface area contributed by atoms with Crippen molar-refractivity contribution >= 4 is 0 Å². The molecule has 2 rings (SSSR count). The number of aliphatic hydroxyl groups excluding tert-OH is 1. The van der Waals surface area contributed by atoms with Crippen molar-refractivity contribution in [3.63, 3.8) is 0 Å². The molecule has 15 heavy (non-hydrogen) atoms. The molecular formula is C12H16O3. The van der Waals surface area contributed by atoms with Gasteiger partial charge in [0.05, 0.1) is 0 Å². The Labute approximate surface area is 89.6 Å². The van der Waals surface area contributed by atoms with Crippen LogP contribution in [-0.2, 0) is 0 Å². The monoisotopic (exact) mass is 208 g/mol. The van der Waals surface area contributed by atoms with E-state index < -0.39 is 0 Å². The number of aliphatic hydroxyl groups is 1. The zero-order valence-corrected chi connectivity index (χ0v) is 9.12. The molecule has 0 fully saturated rings. The van der Waals surface area contributed by atoms with Gasteiger partial charge in [0.15, 0.2) is 11.5 Å². The van der Waals surface area contributed by atoms with Crippen LogP contribution in [0, 0.1) is 6.92 Å². The Bertz CT molecular complexity index is 360. The predicted molar refractivity (Wildman–Crippen MR) is 57.7 cm³/mol. The van der Waals surface area contributed by atoms with E-state index in [-0.39, 0.29) is 12.5 Å². The molecule has 1 aliphatic rings. The Morgan fingerprint density at radius 3 is 2.80 bits per heavy atom. The summed E-state index contributed by atoms with van der Waals surface area (Å²) in [6, 6.07) is 4.01. The topological polar surface area (TPSA) is 38.7 Å². The van der Waals surface area contributed by atoms with Gasteiger partial charge < -0.3 is 14.6 Å². The second-order valence-corrected chi connectivity index (χ2v) is 3.95. The van der Waals surface area contributed by atoms with Crippen LogP contribution in [0.2, 0.25) is 0 Å². The Hall–Kier alpha value is -1.22. The number of fused-ring (bicyclic) bond motifs is 1. The Kier molecular flexibility index (Phi) is 2.82. The molecule has 0 amide bonds. The van der Waals surface area contributed by atoms with E-state index in [1.54, 1.807) is 0 Å². The van der Waals surface area contributed by atoms with Crippen LogP contribution in [0.25, 0.3) is 0 Å². The van der Waals surface area contributed by atoms with Crippen molar-refractivity contribution in [2.24, 2.45) is 0 Å². The normalized spacial score (nSPS) is 16.2. The molecule has 0 spiro atoms. The van der Waals surface area contributed by atoms with Crippen LogP contribution < -0.4 is 9.47 Å². The van der Waals surface area contributed by atoms with Crippen LogP contribution in [0.4, 0.5) is 0 Å². The minimum atomic E-state index is 0.138. The molecule has 0 radical (unpaired) electrons. The van der Waals surface area contributed by atoms with Crippen molar-refractivity contribution in [2.45, 2.75) is 19.8 Å². The lowest BCUT2D eigenvalue weighted by Gasteiger charge is -2.22. The summed E-state index contributed by atoms with van der Waals surface area (Å²) in [6.07, 6.45) is 0. The smallest absolute Gasteiger partial charge is 0.164 e. The summed E-state index contributed by atoms with van der Waals surface area (Å²) in [5.74, 6) is 1.78. The Morgan fingerprint density at radius 2 is 2.07 bits per heavy atom. The summed E-state index contributed by atoms with van der Waals surface area (Å²) < 4.78 is 11.1. The van der Waals surface area contributed by atoms with Crippen molar-refractivity contribution < 1.29 is 14.6 Å². The number of hydrogen-bond acceptors (Lipinski definition) is 3. The Balaban J connectivity index is 2.40. The largest absolute Gasteiger partial charge is 0.486 e. The SMILES string of the molecule is Cc1cc(C(C)CO)cc2c1OCCO2. The zero-order chi connectivity index (χ0) is 10.8. The summed E-state index contributed by atoms with van der Waals surface area (Å²) in [5.41, 5.74) is 2.17. The second-order valence-electron chi connectivity index (χ2n) is 3.95. The summed E-state index contributed by atoms with van der Waals surface area (Å²) in [6.45, 7) is 5.36. The lowest BCUT2D eigenvalue weighted by molar-refractivity contribution is 0.170. The maximum atomic E-state index is 9.11. The van der Waals surface area contributed by atoms with Crippen LogP contribution >= 0.6 is 0 Å². The van der Waals surface area contributed by atoms with Gasteiger partial charge in [-0.05, 0) is 24.1 Å². The van der Waals surface area contributed by atoms with Gasteiger partial charge in [-0.25, -0.2) is 0 Å². The minimum absolute atomic E-state index is 0.138. The van der Waals surface area contributed by atoms with Crippen molar-refractivity contribution in [3.8, 4) is 11.5 Å². The number of rotatable bonds is 2. The van der Waals surface area contributed by atoms with E-state index in [1.807, 2.05) is 19.9 Å². The summed E-state index contributed by atoms with van der Waals surface area (Å²) >= 11 is 0. The van der Waals surface area contributed by atoms with Crippen LogP contribution in [-0.4, -0.2) is 24.9 Å². The molecule has 1 aliphatic heterocycles. The highest BCUT2D eigenvalue weighted by molar-refractivity contribution is 5.50. The number of benzene rings is 1. The van der Waals surface area contributed by atoms with Gasteiger partial charge in [0.2, 0.25) is 0 Å². The van der Waals surface area contributed by atoms with E-state index in [9.17, 15) is 0 Å². The third-order valence-electron chi connectivity index (χ3n) is 2.69. The fourth-order valence-electron chi connectivity index (χ4n) is 1.75. The van der Waals surface area contributed by atoms with E-state index in [0.29, 0.717) is 13.2 Å². The lowest BCUT2D eigenvalue weighted by Crippen LogP contribution is -2.16. The highest BCUT2D eigenvalue weighted by Crippen LogP contribution is 2.36. The van der Waals surface area contributed by atoms with Gasteiger partial charge in [-0.2, -0.15) is 0 Å². The van der Waals surface area contributed by atoms with Crippen molar-refractivity contribution in [1.82, 2.24) is 0 Å². The molecule has 82 valence electrons. The molecule has 1 atom stereocenters. The van der Waals surface area contributed by atoms with E-state index in [2.05, 4.69) is 6.07 Å². The van der Waals surface area contributed by atoms with Crippen LogP contribution in [0.3, 0.4) is 0 Å². The maximum Gasteiger partial charge on any atom is 0.164 e. The van der Waals surface area contributed by atoms with Gasteiger partial charge in [0.25, 0.3) is 0 Å². The number of ether oxygens (including phenoxy) is 2. The average molecular weight is 208 g/mol. The Morgan fingerprint density at radius 1 is 1.33 bits per heavy atom. The van der Waals surface area contributed by atoms with Gasteiger partial charge in [-0.3, -0.25) is 0 Å². The molecule has 0 aliphatic carbocycles. The van der Waals surface area contributed by atoms with Crippen LogP contribution in [0.15, 0.2) is 12.1 Å². The van der Waals surface area contributed by atoms with Gasteiger partial charge in [0, 0.05) is 12.5 Å². The molecule has 0 aromatic heterocycles. The molecule has 1 aromatic carbocycles. The highest BCUT2D eigenvalue weighted by Gasteiger charge is 2.17. The summed E-state index contributed by atoms with van der Waals surface area (Å²) in [7, 11) is 0. The maximum absolute atomic E-state index is 9.11. The number of aryl methyl sites for hydroxylation is 1. The molecule has 1 unspecified atom stereocenters. The zero-order valence-electron chi connectivity index (χ0n) is 9.12. The molecular weight excluding hydrogens is 192 g/mol. The molecule has 1 N–H and O–H groups in total. The minimum Gasteiger partial charge on any atom is -0.486 e. The third-order valence-corrected chi connectivity index (χ3v) is 2.69. The molecule has 0 bridgehead atoms. The summed E-state index contributed by atoms with van der Waals surface area (Å²) in [4.78, 5) is 0. The number of hydrogen-bond donors (Lipinski definition) is 1. The van der Waals surface area contributed by atoms with E-state index >= 15 is 0 Å². The first kappa shape index (κ1) is 10.3. The van der Waals surface area contributed by atoms with E-state index in [0.717, 1.165) is 22.6 Å². The van der Waals surface area contributed by atoms with Crippen molar-refractivity contribution in [2.75, 3.05) is 19.8 Å². The molecule has 1 heterocycles. The fourth-order valence-corrected chi connectivity index (χ4v) is 1.75. The average Bonchev–Trinajstić information content (AvgIpc) is 2.28. The first-order chi connectivity index (χ1) is 7.22. The fraction of sp³-hybridized carbons (Fsp3) is 0.500. The van der Waals surface area contributed by atoms with E-state index in [4.69, 9.17) is 14.6 Å². The molecule has 0 saturated heterocycles. The molecule has 0 saturated carbocycles. The highest BCUT2D eigenvalue weighted by atomic mass is 16.6. The summed E-state index contributed by atoms with van der Waals surface area (Å²) in [5, 5.41) is 9.11. The molecule has 3 nitrogen and oxygen atoms in total. The van der Waals surface area contributed by atoms with E-state index in [1.165, 1.54) is 0 Å². The van der Waals surface area contributed by atoms with Gasteiger partial charge in [-0.15, -0.1) is 0 Å². The predicted octanol–water partition coefficient (Wildman–Crippen LogP) is 1.86. The quantitative estimate of drug-likeness (QED) is 0.806. The van der Waals surface area contributed by atoms with Gasteiger partial charge in [0.1, 0.15) is 13.2 Å². The van der Waals surface area contributed by atoms with Gasteiger partial charge in [-0.1, -0.05) is 13.0 Å². The first-order valence-corrected chi connectivity index (χ1v) is 5.23. The third kappa shape index (κ3) is 1.92. The second kappa shape index (κ2) is 4.11. The molecule has 1 aromatic rings. The standard InChI is InChI=1S/C12H16O3/c1-8-5-10(9(2)7-13)6-11-12(8)15-4-3-14-11/h5-6,9,13H,3-4,7H2,1-2H3.